The predicted octanol–water partition coefficient (Wildman–Crippen LogP) is 3.08. The molecule has 0 bridgehead atoms. The lowest BCUT2D eigenvalue weighted by Crippen LogP contribution is -2.40. The Hall–Kier alpha value is -1.31. The monoisotopic (exact) mass is 206 g/mol. The van der Waals surface area contributed by atoms with Crippen LogP contribution in [-0.4, -0.2) is 11.1 Å². The van der Waals surface area contributed by atoms with Crippen molar-refractivity contribution in [3.05, 3.63) is 35.9 Å². The first kappa shape index (κ1) is 11.8. The molecular weight excluding hydrogens is 188 g/mol. The summed E-state index contributed by atoms with van der Waals surface area (Å²) in [4.78, 5) is 11.5. The molecule has 2 heteroatoms. The van der Waals surface area contributed by atoms with Gasteiger partial charge in [-0.15, -0.1) is 0 Å². The maximum Gasteiger partial charge on any atom is 0.314 e. The molecule has 1 rings (SSSR count). The first-order chi connectivity index (χ1) is 7.05. The van der Waals surface area contributed by atoms with Gasteiger partial charge in [0, 0.05) is 0 Å². The van der Waals surface area contributed by atoms with E-state index in [0.29, 0.717) is 6.42 Å². The van der Waals surface area contributed by atoms with Gasteiger partial charge in [-0.2, -0.15) is 0 Å². The van der Waals surface area contributed by atoms with Gasteiger partial charge in [-0.1, -0.05) is 51.1 Å². The molecule has 0 spiro atoms. The summed E-state index contributed by atoms with van der Waals surface area (Å²) in [5.74, 6) is -0.645. The number of rotatable bonds is 4. The van der Waals surface area contributed by atoms with Crippen molar-refractivity contribution in [2.75, 3.05) is 0 Å². The van der Waals surface area contributed by atoms with Gasteiger partial charge in [-0.05, 0) is 17.9 Å². The molecule has 82 valence electrons. The van der Waals surface area contributed by atoms with Crippen LogP contribution < -0.4 is 0 Å². The van der Waals surface area contributed by atoms with E-state index in [1.165, 1.54) is 0 Å². The Balaban J connectivity index is 3.28. The minimum Gasteiger partial charge on any atom is -0.481 e. The fourth-order valence-electron chi connectivity index (χ4n) is 2.20. The van der Waals surface area contributed by atoms with Gasteiger partial charge in [0.05, 0.1) is 5.41 Å². The summed E-state index contributed by atoms with van der Waals surface area (Å²) in [6.07, 6.45) is 0.615. The van der Waals surface area contributed by atoms with Crippen molar-refractivity contribution in [3.63, 3.8) is 0 Å². The zero-order valence-corrected chi connectivity index (χ0v) is 9.53. The standard InChI is InChI=1S/C13H18O2/c1-4-13(10(2)3,12(14)15)11-8-6-5-7-9-11/h5-10H,4H2,1-3H3,(H,14,15). The van der Waals surface area contributed by atoms with Crippen LogP contribution in [0.1, 0.15) is 32.8 Å². The van der Waals surface area contributed by atoms with Crippen LogP contribution in [0, 0.1) is 5.92 Å². The summed E-state index contributed by atoms with van der Waals surface area (Å²) in [7, 11) is 0. The van der Waals surface area contributed by atoms with Crippen LogP contribution in [0.15, 0.2) is 30.3 Å². The number of carbonyl (C=O) groups is 1. The first-order valence-electron chi connectivity index (χ1n) is 5.34. The lowest BCUT2D eigenvalue weighted by atomic mass is 9.70. The van der Waals surface area contributed by atoms with Crippen LogP contribution in [0.2, 0.25) is 0 Å². The fourth-order valence-corrected chi connectivity index (χ4v) is 2.20. The average molecular weight is 206 g/mol. The highest BCUT2D eigenvalue weighted by atomic mass is 16.4. The second-order valence-corrected chi connectivity index (χ2v) is 4.15. The lowest BCUT2D eigenvalue weighted by Gasteiger charge is -2.32. The van der Waals surface area contributed by atoms with Crippen LogP contribution in [0.5, 0.6) is 0 Å². The van der Waals surface area contributed by atoms with E-state index < -0.39 is 11.4 Å². The molecule has 0 radical (unpaired) electrons. The average Bonchev–Trinajstić information content (AvgIpc) is 2.20. The highest BCUT2D eigenvalue weighted by molar-refractivity contribution is 5.81. The van der Waals surface area contributed by atoms with Crippen molar-refractivity contribution in [2.45, 2.75) is 32.6 Å². The van der Waals surface area contributed by atoms with Gasteiger partial charge in [0.25, 0.3) is 0 Å². The van der Waals surface area contributed by atoms with E-state index in [1.807, 2.05) is 51.1 Å². The van der Waals surface area contributed by atoms with Crippen molar-refractivity contribution in [2.24, 2.45) is 5.92 Å². The molecule has 1 N–H and O–H groups in total. The van der Waals surface area contributed by atoms with E-state index in [9.17, 15) is 9.90 Å². The maximum atomic E-state index is 11.5. The number of aliphatic carboxylic acids is 1. The number of hydrogen-bond donors (Lipinski definition) is 1. The second-order valence-electron chi connectivity index (χ2n) is 4.15. The topological polar surface area (TPSA) is 37.3 Å². The molecule has 0 aliphatic carbocycles. The molecule has 0 aromatic heterocycles. The third-order valence-electron chi connectivity index (χ3n) is 3.21. The van der Waals surface area contributed by atoms with E-state index in [0.717, 1.165) is 5.56 Å². The van der Waals surface area contributed by atoms with E-state index in [1.54, 1.807) is 0 Å². The molecule has 0 saturated heterocycles. The Morgan fingerprint density at radius 1 is 1.33 bits per heavy atom. The van der Waals surface area contributed by atoms with Gasteiger partial charge in [-0.25, -0.2) is 0 Å². The van der Waals surface area contributed by atoms with Crippen LogP contribution in [0.3, 0.4) is 0 Å². The van der Waals surface area contributed by atoms with Gasteiger partial charge in [0.2, 0.25) is 0 Å². The molecular formula is C13H18O2. The normalized spacial score (nSPS) is 14.9. The summed E-state index contributed by atoms with van der Waals surface area (Å²) >= 11 is 0. The van der Waals surface area contributed by atoms with Crippen LogP contribution in [0.4, 0.5) is 0 Å². The maximum absolute atomic E-state index is 11.5. The molecule has 2 nitrogen and oxygen atoms in total. The summed E-state index contributed by atoms with van der Waals surface area (Å²) in [6, 6.07) is 9.50. The fraction of sp³-hybridized carbons (Fsp3) is 0.462. The smallest absolute Gasteiger partial charge is 0.314 e. The molecule has 0 heterocycles. The van der Waals surface area contributed by atoms with Gasteiger partial charge in [-0.3, -0.25) is 4.79 Å². The van der Waals surface area contributed by atoms with Gasteiger partial charge in [0.1, 0.15) is 0 Å². The molecule has 15 heavy (non-hydrogen) atoms. The molecule has 0 saturated carbocycles. The van der Waals surface area contributed by atoms with Crippen LogP contribution >= 0.6 is 0 Å². The lowest BCUT2D eigenvalue weighted by molar-refractivity contribution is -0.146. The van der Waals surface area contributed by atoms with Gasteiger partial charge >= 0.3 is 5.97 Å². The third kappa shape index (κ3) is 1.89. The molecule has 1 aromatic carbocycles. The van der Waals surface area contributed by atoms with Crippen molar-refractivity contribution in [1.82, 2.24) is 0 Å². The Morgan fingerprint density at radius 3 is 2.20 bits per heavy atom. The summed E-state index contributed by atoms with van der Waals surface area (Å²) in [6.45, 7) is 5.86. The molecule has 1 atom stereocenters. The summed E-state index contributed by atoms with van der Waals surface area (Å²) < 4.78 is 0. The summed E-state index contributed by atoms with van der Waals surface area (Å²) in [5.41, 5.74) is 0.149. The van der Waals surface area contributed by atoms with Crippen molar-refractivity contribution in [3.8, 4) is 0 Å². The van der Waals surface area contributed by atoms with Gasteiger partial charge < -0.3 is 5.11 Å². The molecule has 0 aliphatic rings. The largest absolute Gasteiger partial charge is 0.481 e. The quantitative estimate of drug-likeness (QED) is 0.822. The third-order valence-corrected chi connectivity index (χ3v) is 3.21. The second kappa shape index (κ2) is 4.47. The van der Waals surface area contributed by atoms with Crippen molar-refractivity contribution < 1.29 is 9.90 Å². The van der Waals surface area contributed by atoms with Crippen molar-refractivity contribution in [1.29, 1.82) is 0 Å². The molecule has 0 fully saturated rings. The van der Waals surface area contributed by atoms with E-state index in [4.69, 9.17) is 0 Å². The minimum absolute atomic E-state index is 0.0856. The Morgan fingerprint density at radius 2 is 1.87 bits per heavy atom. The summed E-state index contributed by atoms with van der Waals surface area (Å²) in [5, 5.41) is 9.45. The number of carboxylic acid groups (broad SMARTS) is 1. The molecule has 1 unspecified atom stereocenters. The highest BCUT2D eigenvalue weighted by Gasteiger charge is 2.41. The number of carboxylic acids is 1. The zero-order valence-electron chi connectivity index (χ0n) is 9.53. The molecule has 1 aromatic rings. The van der Waals surface area contributed by atoms with Crippen LogP contribution in [-0.2, 0) is 10.2 Å². The Bertz CT molecular complexity index is 330. The molecule has 0 amide bonds. The highest BCUT2D eigenvalue weighted by Crippen LogP contribution is 2.35. The van der Waals surface area contributed by atoms with Crippen LogP contribution in [0.25, 0.3) is 0 Å². The SMILES string of the molecule is CCC(C(=O)O)(c1ccccc1)C(C)C. The van der Waals surface area contributed by atoms with E-state index >= 15 is 0 Å². The molecule has 0 aliphatic heterocycles. The van der Waals surface area contributed by atoms with E-state index in [-0.39, 0.29) is 5.92 Å². The first-order valence-corrected chi connectivity index (χ1v) is 5.34. The number of hydrogen-bond acceptors (Lipinski definition) is 1. The zero-order chi connectivity index (χ0) is 11.5. The number of benzene rings is 1. The minimum atomic E-state index is -0.749. The van der Waals surface area contributed by atoms with E-state index in [2.05, 4.69) is 0 Å². The van der Waals surface area contributed by atoms with Gasteiger partial charge in [0.15, 0.2) is 0 Å². The Labute approximate surface area is 90.9 Å². The van der Waals surface area contributed by atoms with Crippen molar-refractivity contribution >= 4 is 5.97 Å². The Kier molecular flexibility index (Phi) is 3.51. The predicted molar refractivity (Wildman–Crippen MR) is 60.9 cm³/mol.